The highest BCUT2D eigenvalue weighted by atomic mass is 35.5. The van der Waals surface area contributed by atoms with Crippen molar-refractivity contribution in [2.45, 2.75) is 24.0 Å². The average molecular weight is 571 g/mol. The summed E-state index contributed by atoms with van der Waals surface area (Å²) in [6, 6.07) is 26.8. The van der Waals surface area contributed by atoms with Crippen LogP contribution in [0.3, 0.4) is 0 Å². The summed E-state index contributed by atoms with van der Waals surface area (Å²) in [5.41, 5.74) is 2.91. The fourth-order valence-corrected chi connectivity index (χ4v) is 4.60. The Kier molecular flexibility index (Phi) is 9.72. The number of carbonyl (C=O) groups excluding carboxylic acids is 3. The van der Waals surface area contributed by atoms with E-state index >= 15 is 0 Å². The van der Waals surface area contributed by atoms with Gasteiger partial charge in [0, 0.05) is 22.3 Å². The number of nitrogens with zero attached hydrogens (tertiary/aromatic N) is 1. The molecule has 0 radical (unpaired) electrons. The smallest absolute Gasteiger partial charge is 0.272 e. The molecule has 0 spiro atoms. The lowest BCUT2D eigenvalue weighted by molar-refractivity contribution is -0.115. The largest absolute Gasteiger partial charge is 0.321 e. The van der Waals surface area contributed by atoms with Crippen molar-refractivity contribution in [3.8, 4) is 0 Å². The summed E-state index contributed by atoms with van der Waals surface area (Å²) in [6.07, 6.45) is 3.11. The van der Waals surface area contributed by atoms with E-state index in [1.54, 1.807) is 61.5 Å². The van der Waals surface area contributed by atoms with Gasteiger partial charge in [-0.1, -0.05) is 59.6 Å². The number of amides is 3. The first kappa shape index (κ1) is 28.6. The van der Waals surface area contributed by atoms with Gasteiger partial charge < -0.3 is 16.0 Å². The molecule has 0 aliphatic rings. The van der Waals surface area contributed by atoms with E-state index in [2.05, 4.69) is 20.9 Å². The molecule has 4 rings (SSSR count). The second-order valence-corrected chi connectivity index (χ2v) is 10.7. The number of anilines is 2. The summed E-state index contributed by atoms with van der Waals surface area (Å²) in [5, 5.41) is 8.45. The molecule has 1 heterocycles. The molecule has 1 atom stereocenters. The first-order chi connectivity index (χ1) is 19.3. The molecule has 1 unspecified atom stereocenters. The van der Waals surface area contributed by atoms with Crippen LogP contribution in [-0.4, -0.2) is 28.0 Å². The SMILES string of the molecule is Cc1cccc(/C=C(\NC(=O)c2ccccc2)C(=O)Nc2ccc(SC(C)C(=O)Nc3ccc(Cl)cn3)cc2)c1. The van der Waals surface area contributed by atoms with Gasteiger partial charge in [-0.3, -0.25) is 14.4 Å². The third-order valence-electron chi connectivity index (χ3n) is 5.65. The van der Waals surface area contributed by atoms with Crippen molar-refractivity contribution in [1.29, 1.82) is 0 Å². The average Bonchev–Trinajstić information content (AvgIpc) is 2.95. The maximum absolute atomic E-state index is 13.2. The molecule has 1 aromatic heterocycles. The molecule has 9 heteroatoms. The number of nitrogens with one attached hydrogen (secondary N) is 3. The van der Waals surface area contributed by atoms with E-state index in [1.165, 1.54) is 18.0 Å². The Morgan fingerprint density at radius 3 is 2.33 bits per heavy atom. The molecule has 0 aliphatic heterocycles. The Morgan fingerprint density at radius 2 is 1.65 bits per heavy atom. The number of carbonyl (C=O) groups is 3. The minimum Gasteiger partial charge on any atom is -0.321 e. The van der Waals surface area contributed by atoms with Gasteiger partial charge in [0.15, 0.2) is 0 Å². The van der Waals surface area contributed by atoms with Crippen LogP contribution < -0.4 is 16.0 Å². The van der Waals surface area contributed by atoms with Crippen LogP contribution in [0.4, 0.5) is 11.5 Å². The Labute approximate surface area is 242 Å². The third kappa shape index (κ3) is 8.30. The van der Waals surface area contributed by atoms with Crippen LogP contribution in [0, 0.1) is 6.92 Å². The molecule has 0 saturated heterocycles. The zero-order chi connectivity index (χ0) is 28.5. The van der Waals surface area contributed by atoms with Gasteiger partial charge in [-0.25, -0.2) is 4.98 Å². The summed E-state index contributed by atoms with van der Waals surface area (Å²) in [5.74, 6) is -0.622. The van der Waals surface area contributed by atoms with Crippen LogP contribution in [0.25, 0.3) is 6.08 Å². The number of thioether (sulfide) groups is 1. The van der Waals surface area contributed by atoms with Crippen molar-refractivity contribution in [1.82, 2.24) is 10.3 Å². The van der Waals surface area contributed by atoms with E-state index in [0.717, 1.165) is 16.0 Å². The van der Waals surface area contributed by atoms with Crippen molar-refractivity contribution in [2.75, 3.05) is 10.6 Å². The number of aryl methyl sites for hydroxylation is 1. The lowest BCUT2D eigenvalue weighted by atomic mass is 10.1. The molecular weight excluding hydrogens is 544 g/mol. The number of hydrogen-bond donors (Lipinski definition) is 3. The fraction of sp³-hybridized carbons (Fsp3) is 0.0968. The summed E-state index contributed by atoms with van der Waals surface area (Å²) in [7, 11) is 0. The lowest BCUT2D eigenvalue weighted by Gasteiger charge is -2.13. The van der Waals surface area contributed by atoms with Gasteiger partial charge in [0.05, 0.1) is 10.3 Å². The minimum atomic E-state index is -0.464. The minimum absolute atomic E-state index is 0.110. The first-order valence-corrected chi connectivity index (χ1v) is 13.7. The number of pyridine rings is 1. The number of halogens is 1. The molecule has 0 bridgehead atoms. The monoisotopic (exact) mass is 570 g/mol. The molecule has 0 fully saturated rings. The van der Waals surface area contributed by atoms with Crippen LogP contribution in [0.2, 0.25) is 5.02 Å². The second kappa shape index (κ2) is 13.6. The molecule has 3 aromatic carbocycles. The van der Waals surface area contributed by atoms with Gasteiger partial charge >= 0.3 is 0 Å². The van der Waals surface area contributed by atoms with Gasteiger partial charge in [0.2, 0.25) is 5.91 Å². The van der Waals surface area contributed by atoms with Crippen molar-refractivity contribution in [3.63, 3.8) is 0 Å². The zero-order valence-corrected chi connectivity index (χ0v) is 23.4. The highest BCUT2D eigenvalue weighted by Gasteiger charge is 2.17. The number of benzene rings is 3. The molecule has 40 heavy (non-hydrogen) atoms. The highest BCUT2D eigenvalue weighted by Crippen LogP contribution is 2.26. The first-order valence-electron chi connectivity index (χ1n) is 12.4. The Balaban J connectivity index is 1.42. The Hall–Kier alpha value is -4.40. The topological polar surface area (TPSA) is 100 Å². The molecular formula is C31H27ClN4O3S. The van der Waals surface area contributed by atoms with E-state index in [0.29, 0.717) is 22.1 Å². The maximum Gasteiger partial charge on any atom is 0.272 e. The fourth-order valence-electron chi connectivity index (χ4n) is 3.62. The van der Waals surface area contributed by atoms with E-state index in [4.69, 9.17) is 11.6 Å². The van der Waals surface area contributed by atoms with Gasteiger partial charge in [0.25, 0.3) is 11.8 Å². The van der Waals surface area contributed by atoms with E-state index in [-0.39, 0.29) is 17.5 Å². The standard InChI is InChI=1S/C31H27ClN4O3S/c1-20-7-6-8-22(17-20)18-27(35-30(38)23-9-4-3-5-10-23)31(39)34-25-12-14-26(15-13-25)40-21(2)29(37)36-28-16-11-24(32)19-33-28/h3-19,21H,1-2H3,(H,34,39)(H,35,38)(H,33,36,37)/b27-18-. The van der Waals surface area contributed by atoms with Gasteiger partial charge in [-0.15, -0.1) is 11.8 Å². The maximum atomic E-state index is 13.2. The van der Waals surface area contributed by atoms with Crippen molar-refractivity contribution >= 4 is 58.7 Å². The number of hydrogen-bond acceptors (Lipinski definition) is 5. The Bertz CT molecular complexity index is 1520. The van der Waals surface area contributed by atoms with Crippen molar-refractivity contribution < 1.29 is 14.4 Å². The van der Waals surface area contributed by atoms with Crippen LogP contribution in [-0.2, 0) is 9.59 Å². The van der Waals surface area contributed by atoms with Crippen LogP contribution in [0.5, 0.6) is 0 Å². The van der Waals surface area contributed by atoms with Gasteiger partial charge in [0.1, 0.15) is 11.5 Å². The van der Waals surface area contributed by atoms with E-state index in [9.17, 15) is 14.4 Å². The highest BCUT2D eigenvalue weighted by molar-refractivity contribution is 8.00. The van der Waals surface area contributed by atoms with E-state index in [1.807, 2.05) is 49.4 Å². The summed E-state index contributed by atoms with van der Waals surface area (Å²) < 4.78 is 0. The summed E-state index contributed by atoms with van der Waals surface area (Å²) >= 11 is 7.21. The van der Waals surface area contributed by atoms with Crippen molar-refractivity contribution in [2.24, 2.45) is 0 Å². The molecule has 3 N–H and O–H groups in total. The summed E-state index contributed by atoms with van der Waals surface area (Å²) in [4.78, 5) is 43.5. The molecule has 202 valence electrons. The second-order valence-electron chi connectivity index (χ2n) is 8.88. The van der Waals surface area contributed by atoms with Crippen molar-refractivity contribution in [3.05, 3.63) is 125 Å². The Morgan fingerprint density at radius 1 is 0.900 bits per heavy atom. The number of aromatic nitrogens is 1. The predicted octanol–water partition coefficient (Wildman–Crippen LogP) is 6.57. The van der Waals surface area contributed by atoms with Crippen LogP contribution >= 0.6 is 23.4 Å². The van der Waals surface area contributed by atoms with Crippen LogP contribution in [0.1, 0.15) is 28.4 Å². The normalized spacial score (nSPS) is 11.8. The van der Waals surface area contributed by atoms with Crippen LogP contribution in [0.15, 0.2) is 108 Å². The molecule has 3 amide bonds. The summed E-state index contributed by atoms with van der Waals surface area (Å²) in [6.45, 7) is 3.75. The van der Waals surface area contributed by atoms with Gasteiger partial charge in [-0.2, -0.15) is 0 Å². The third-order valence-corrected chi connectivity index (χ3v) is 6.99. The predicted molar refractivity (Wildman–Crippen MR) is 161 cm³/mol. The zero-order valence-electron chi connectivity index (χ0n) is 21.9. The molecule has 0 aliphatic carbocycles. The molecule has 0 saturated carbocycles. The molecule has 4 aromatic rings. The quantitative estimate of drug-likeness (QED) is 0.156. The molecule has 7 nitrogen and oxygen atoms in total. The number of rotatable bonds is 9. The van der Waals surface area contributed by atoms with Gasteiger partial charge in [-0.05, 0) is 74.0 Å². The lowest BCUT2D eigenvalue weighted by Crippen LogP contribution is -2.30. The van der Waals surface area contributed by atoms with E-state index < -0.39 is 11.2 Å².